The Bertz CT molecular complexity index is 338. The highest BCUT2D eigenvalue weighted by Gasteiger charge is 2.00. The van der Waals surface area contributed by atoms with Crippen molar-refractivity contribution >= 4 is 11.5 Å². The van der Waals surface area contributed by atoms with Crippen LogP contribution in [0.15, 0.2) is 30.8 Å². The fourth-order valence-electron chi connectivity index (χ4n) is 1.18. The lowest BCUT2D eigenvalue weighted by atomic mass is 10.1. The van der Waals surface area contributed by atoms with Crippen molar-refractivity contribution in [1.29, 1.82) is 0 Å². The van der Waals surface area contributed by atoms with E-state index >= 15 is 0 Å². The van der Waals surface area contributed by atoms with Gasteiger partial charge in [0, 0.05) is 7.05 Å². The molecular weight excluding hydrogens is 174 g/mol. The van der Waals surface area contributed by atoms with Crippen molar-refractivity contribution in [2.24, 2.45) is 0 Å². The van der Waals surface area contributed by atoms with Crippen molar-refractivity contribution in [3.63, 3.8) is 0 Å². The van der Waals surface area contributed by atoms with Crippen LogP contribution >= 0.6 is 0 Å². The number of carbonyl (C=O) groups is 1. The molecule has 0 saturated carbocycles. The monoisotopic (exact) mass is 189 g/mol. The molecule has 1 N–H and O–H groups in total. The molecule has 0 unspecified atom stereocenters. The molecule has 74 valence electrons. The summed E-state index contributed by atoms with van der Waals surface area (Å²) in [6, 6.07) is 7.89. The van der Waals surface area contributed by atoms with Crippen LogP contribution < -0.4 is 5.32 Å². The number of carbonyl (C=O) groups excluding carboxylic acids is 1. The molecule has 2 nitrogen and oxygen atoms in total. The minimum atomic E-state index is 0.0353. The predicted octanol–water partition coefficient (Wildman–Crippen LogP) is 2.01. The van der Waals surface area contributed by atoms with Gasteiger partial charge in [-0.05, 0) is 18.1 Å². The largest absolute Gasteiger partial charge is 0.359 e. The lowest BCUT2D eigenvalue weighted by Gasteiger charge is -2.02. The highest BCUT2D eigenvalue weighted by atomic mass is 16.1. The molecule has 0 saturated heterocycles. The normalized spacial score (nSPS) is 9.57. The van der Waals surface area contributed by atoms with Gasteiger partial charge in [-0.15, -0.1) is 0 Å². The molecule has 2 heteroatoms. The zero-order valence-electron chi connectivity index (χ0n) is 8.63. The topological polar surface area (TPSA) is 29.1 Å². The molecule has 0 radical (unpaired) electrons. The number of benzene rings is 1. The van der Waals surface area contributed by atoms with E-state index in [1.807, 2.05) is 31.2 Å². The fourth-order valence-corrected chi connectivity index (χ4v) is 1.18. The van der Waals surface area contributed by atoms with E-state index in [4.69, 9.17) is 0 Å². The van der Waals surface area contributed by atoms with Gasteiger partial charge in [0.1, 0.15) is 0 Å². The van der Waals surface area contributed by atoms with Gasteiger partial charge in [0.25, 0.3) is 0 Å². The molecule has 14 heavy (non-hydrogen) atoms. The highest BCUT2D eigenvalue weighted by molar-refractivity contribution is 5.78. The Morgan fingerprint density at radius 2 is 1.93 bits per heavy atom. The van der Waals surface area contributed by atoms with Gasteiger partial charge in [-0.1, -0.05) is 36.4 Å². The number of likely N-dealkylation sites (N-methyl/N-ethyl adjacent to an activating group) is 1. The maximum Gasteiger partial charge on any atom is 0.224 e. The van der Waals surface area contributed by atoms with Gasteiger partial charge in [-0.25, -0.2) is 0 Å². The Morgan fingerprint density at radius 3 is 2.36 bits per heavy atom. The van der Waals surface area contributed by atoms with Crippen molar-refractivity contribution in [2.45, 2.75) is 13.3 Å². The van der Waals surface area contributed by atoms with E-state index in [0.29, 0.717) is 6.42 Å². The predicted molar refractivity (Wildman–Crippen MR) is 58.9 cm³/mol. The number of hydrogen-bond donors (Lipinski definition) is 1. The second-order valence-electron chi connectivity index (χ2n) is 3.33. The zero-order valence-corrected chi connectivity index (χ0v) is 8.63. The van der Waals surface area contributed by atoms with E-state index in [9.17, 15) is 4.79 Å². The second kappa shape index (κ2) is 4.61. The molecular formula is C12H15NO. The summed E-state index contributed by atoms with van der Waals surface area (Å²) in [6.07, 6.45) is 0.437. The van der Waals surface area contributed by atoms with Gasteiger partial charge in [0.15, 0.2) is 0 Å². The molecule has 0 bridgehead atoms. The molecule has 1 rings (SSSR count). The molecule has 1 aromatic carbocycles. The SMILES string of the molecule is C=C(C)c1ccc(CC(=O)NC)cc1. The van der Waals surface area contributed by atoms with Crippen LogP contribution in [0.3, 0.4) is 0 Å². The number of hydrogen-bond acceptors (Lipinski definition) is 1. The van der Waals surface area contributed by atoms with Crippen molar-refractivity contribution in [2.75, 3.05) is 7.05 Å². The molecule has 1 amide bonds. The van der Waals surface area contributed by atoms with Crippen molar-refractivity contribution in [3.05, 3.63) is 42.0 Å². The van der Waals surface area contributed by atoms with E-state index in [-0.39, 0.29) is 5.91 Å². The van der Waals surface area contributed by atoms with Gasteiger partial charge in [-0.2, -0.15) is 0 Å². The Morgan fingerprint density at radius 1 is 1.36 bits per heavy atom. The summed E-state index contributed by atoms with van der Waals surface area (Å²) in [7, 11) is 1.64. The average Bonchev–Trinajstić information content (AvgIpc) is 2.18. The Kier molecular flexibility index (Phi) is 3.46. The van der Waals surface area contributed by atoms with Gasteiger partial charge in [0.05, 0.1) is 6.42 Å². The molecule has 0 atom stereocenters. The fraction of sp³-hybridized carbons (Fsp3) is 0.250. The first-order valence-corrected chi connectivity index (χ1v) is 4.59. The minimum absolute atomic E-state index is 0.0353. The van der Waals surface area contributed by atoms with E-state index < -0.39 is 0 Å². The first kappa shape index (κ1) is 10.5. The number of allylic oxidation sites excluding steroid dienone is 1. The Balaban J connectivity index is 2.73. The second-order valence-corrected chi connectivity index (χ2v) is 3.33. The van der Waals surface area contributed by atoms with E-state index in [1.165, 1.54) is 0 Å². The molecule has 0 aliphatic rings. The molecule has 0 aromatic heterocycles. The quantitative estimate of drug-likeness (QED) is 0.774. The van der Waals surface area contributed by atoms with Crippen LogP contribution in [0.5, 0.6) is 0 Å². The van der Waals surface area contributed by atoms with Crippen LogP contribution in [0, 0.1) is 0 Å². The van der Waals surface area contributed by atoms with Crippen LogP contribution in [-0.2, 0) is 11.2 Å². The minimum Gasteiger partial charge on any atom is -0.359 e. The smallest absolute Gasteiger partial charge is 0.224 e. The third-order valence-corrected chi connectivity index (χ3v) is 2.09. The highest BCUT2D eigenvalue weighted by Crippen LogP contribution is 2.12. The summed E-state index contributed by atoms with van der Waals surface area (Å²) in [5.74, 6) is 0.0353. The van der Waals surface area contributed by atoms with Crippen LogP contribution in [0.1, 0.15) is 18.1 Å². The summed E-state index contributed by atoms with van der Waals surface area (Å²) >= 11 is 0. The maximum absolute atomic E-state index is 11.1. The average molecular weight is 189 g/mol. The number of rotatable bonds is 3. The summed E-state index contributed by atoms with van der Waals surface area (Å²) < 4.78 is 0. The summed E-state index contributed by atoms with van der Waals surface area (Å²) in [6.45, 7) is 5.82. The molecule has 0 spiro atoms. The summed E-state index contributed by atoms with van der Waals surface area (Å²) in [5, 5.41) is 2.59. The lowest BCUT2D eigenvalue weighted by molar-refractivity contribution is -0.119. The standard InChI is InChI=1S/C12H15NO/c1-9(2)11-6-4-10(5-7-11)8-12(14)13-3/h4-7H,1,8H2,2-3H3,(H,13,14). The van der Waals surface area contributed by atoms with Crippen molar-refractivity contribution < 1.29 is 4.79 Å². The van der Waals surface area contributed by atoms with E-state index in [2.05, 4.69) is 11.9 Å². The van der Waals surface area contributed by atoms with Crippen LogP contribution in [0.25, 0.3) is 5.57 Å². The van der Waals surface area contributed by atoms with Gasteiger partial charge >= 0.3 is 0 Å². The number of nitrogens with one attached hydrogen (secondary N) is 1. The third kappa shape index (κ3) is 2.73. The van der Waals surface area contributed by atoms with Gasteiger partial charge < -0.3 is 5.32 Å². The summed E-state index contributed by atoms with van der Waals surface area (Å²) in [4.78, 5) is 11.1. The summed E-state index contributed by atoms with van der Waals surface area (Å²) in [5.41, 5.74) is 3.18. The van der Waals surface area contributed by atoms with E-state index in [0.717, 1.165) is 16.7 Å². The Hall–Kier alpha value is -1.57. The van der Waals surface area contributed by atoms with Crippen molar-refractivity contribution in [3.8, 4) is 0 Å². The molecule has 0 aliphatic carbocycles. The maximum atomic E-state index is 11.1. The molecule has 1 aromatic rings. The first-order valence-electron chi connectivity index (χ1n) is 4.59. The van der Waals surface area contributed by atoms with Gasteiger partial charge in [-0.3, -0.25) is 4.79 Å². The Labute approximate surface area is 84.6 Å². The first-order chi connectivity index (χ1) is 6.63. The van der Waals surface area contributed by atoms with Crippen LogP contribution in [0.4, 0.5) is 0 Å². The van der Waals surface area contributed by atoms with Crippen molar-refractivity contribution in [1.82, 2.24) is 5.32 Å². The lowest BCUT2D eigenvalue weighted by Crippen LogP contribution is -2.19. The molecule has 0 aliphatic heterocycles. The van der Waals surface area contributed by atoms with Crippen LogP contribution in [-0.4, -0.2) is 13.0 Å². The van der Waals surface area contributed by atoms with E-state index in [1.54, 1.807) is 7.05 Å². The number of amides is 1. The zero-order chi connectivity index (χ0) is 10.6. The molecule has 0 fully saturated rings. The van der Waals surface area contributed by atoms with Gasteiger partial charge in [0.2, 0.25) is 5.91 Å². The third-order valence-electron chi connectivity index (χ3n) is 2.09. The molecule has 0 heterocycles. The van der Waals surface area contributed by atoms with Crippen LogP contribution in [0.2, 0.25) is 0 Å².